The second-order valence-electron chi connectivity index (χ2n) is 3.98. The third-order valence-corrected chi connectivity index (χ3v) is 3.01. The van der Waals surface area contributed by atoms with E-state index in [-0.39, 0.29) is 11.6 Å². The highest BCUT2D eigenvalue weighted by Crippen LogP contribution is 2.23. The minimum absolute atomic E-state index is 0.195. The third kappa shape index (κ3) is 1.88. The van der Waals surface area contributed by atoms with Crippen LogP contribution in [-0.4, -0.2) is 26.1 Å². The number of nitrogens with zero attached hydrogens (tertiary/aromatic N) is 3. The molecule has 5 heteroatoms. The van der Waals surface area contributed by atoms with Gasteiger partial charge in [0.25, 0.3) is 0 Å². The molecule has 0 atom stereocenters. The van der Waals surface area contributed by atoms with Crippen molar-refractivity contribution < 1.29 is 9.90 Å². The Morgan fingerprint density at radius 3 is 2.71 bits per heavy atom. The molecule has 0 bridgehead atoms. The van der Waals surface area contributed by atoms with E-state index in [9.17, 15) is 9.90 Å². The zero-order chi connectivity index (χ0) is 12.4. The predicted octanol–water partition coefficient (Wildman–Crippen LogP) is 2.49. The summed E-state index contributed by atoms with van der Waals surface area (Å²) in [5, 5.41) is 17.3. The van der Waals surface area contributed by atoms with Crippen molar-refractivity contribution in [2.75, 3.05) is 0 Å². The van der Waals surface area contributed by atoms with Crippen molar-refractivity contribution in [2.45, 2.75) is 32.7 Å². The molecule has 1 N–H and O–H groups in total. The first-order valence-electron chi connectivity index (χ1n) is 5.76. The van der Waals surface area contributed by atoms with E-state index in [2.05, 4.69) is 24.2 Å². The Labute approximate surface area is 99.1 Å². The summed E-state index contributed by atoms with van der Waals surface area (Å²) in [5.74, 6) is -0.940. The van der Waals surface area contributed by atoms with Crippen molar-refractivity contribution in [1.29, 1.82) is 0 Å². The number of hydrogen-bond donors (Lipinski definition) is 1. The van der Waals surface area contributed by atoms with E-state index in [0.29, 0.717) is 11.0 Å². The van der Waals surface area contributed by atoms with Crippen LogP contribution in [0, 0.1) is 0 Å². The first kappa shape index (κ1) is 11.6. The summed E-state index contributed by atoms with van der Waals surface area (Å²) < 4.78 is 1.73. The van der Waals surface area contributed by atoms with Gasteiger partial charge in [0.2, 0.25) is 0 Å². The van der Waals surface area contributed by atoms with E-state index in [1.54, 1.807) is 22.9 Å². The fourth-order valence-electron chi connectivity index (χ4n) is 2.06. The second-order valence-corrected chi connectivity index (χ2v) is 3.98. The highest BCUT2D eigenvalue weighted by molar-refractivity contribution is 6.00. The van der Waals surface area contributed by atoms with Crippen LogP contribution in [0.1, 0.15) is 43.1 Å². The number of carboxylic acid groups (broad SMARTS) is 1. The van der Waals surface area contributed by atoms with Gasteiger partial charge in [0.05, 0.1) is 11.6 Å². The summed E-state index contributed by atoms with van der Waals surface area (Å²) >= 11 is 0. The first-order chi connectivity index (χ1) is 8.19. The molecule has 90 valence electrons. The average molecular weight is 233 g/mol. The number of aromatic nitrogens is 3. The van der Waals surface area contributed by atoms with Crippen LogP contribution in [-0.2, 0) is 0 Å². The van der Waals surface area contributed by atoms with Crippen LogP contribution in [0.4, 0.5) is 0 Å². The molecular weight excluding hydrogens is 218 g/mol. The van der Waals surface area contributed by atoms with Gasteiger partial charge < -0.3 is 5.11 Å². The topological polar surface area (TPSA) is 68.0 Å². The van der Waals surface area contributed by atoms with Gasteiger partial charge in [-0.1, -0.05) is 25.1 Å². The maximum atomic E-state index is 11.2. The molecule has 5 nitrogen and oxygen atoms in total. The lowest BCUT2D eigenvalue weighted by atomic mass is 10.1. The monoisotopic (exact) mass is 233 g/mol. The third-order valence-electron chi connectivity index (χ3n) is 3.01. The lowest BCUT2D eigenvalue weighted by Crippen LogP contribution is -2.11. The van der Waals surface area contributed by atoms with Gasteiger partial charge >= 0.3 is 5.97 Å². The molecule has 17 heavy (non-hydrogen) atoms. The molecule has 0 unspecified atom stereocenters. The maximum absolute atomic E-state index is 11.2. The molecule has 1 aromatic heterocycles. The van der Waals surface area contributed by atoms with Crippen molar-refractivity contribution in [3.63, 3.8) is 0 Å². The standard InChI is InChI=1S/C12H15N3O2/c1-3-8(4-2)15-11-9(12(16)17)6-5-7-10(11)13-14-15/h5-8H,3-4H2,1-2H3,(H,16,17). The summed E-state index contributed by atoms with van der Waals surface area (Å²) in [6.45, 7) is 4.12. The average Bonchev–Trinajstić information content (AvgIpc) is 2.75. The van der Waals surface area contributed by atoms with Crippen molar-refractivity contribution >= 4 is 17.0 Å². The van der Waals surface area contributed by atoms with Gasteiger partial charge in [0.15, 0.2) is 0 Å². The van der Waals surface area contributed by atoms with Crippen LogP contribution in [0.5, 0.6) is 0 Å². The van der Waals surface area contributed by atoms with Crippen molar-refractivity contribution in [3.05, 3.63) is 23.8 Å². The number of hydrogen-bond acceptors (Lipinski definition) is 3. The molecule has 2 rings (SSSR count). The molecule has 0 saturated carbocycles. The van der Waals surface area contributed by atoms with Crippen LogP contribution in [0.2, 0.25) is 0 Å². The van der Waals surface area contributed by atoms with Gasteiger partial charge in [-0.2, -0.15) is 0 Å². The Kier molecular flexibility index (Phi) is 3.08. The van der Waals surface area contributed by atoms with Crippen molar-refractivity contribution in [2.24, 2.45) is 0 Å². The summed E-state index contributed by atoms with van der Waals surface area (Å²) in [6, 6.07) is 5.26. The van der Waals surface area contributed by atoms with E-state index in [1.807, 2.05) is 0 Å². The predicted molar refractivity (Wildman–Crippen MR) is 64.1 cm³/mol. The van der Waals surface area contributed by atoms with Gasteiger partial charge in [-0.25, -0.2) is 9.48 Å². The van der Waals surface area contributed by atoms with Gasteiger partial charge in [0, 0.05) is 0 Å². The number of benzene rings is 1. The molecule has 1 heterocycles. The van der Waals surface area contributed by atoms with Gasteiger partial charge in [-0.05, 0) is 25.0 Å². The number of rotatable bonds is 4. The summed E-state index contributed by atoms with van der Waals surface area (Å²) in [7, 11) is 0. The van der Waals surface area contributed by atoms with E-state index in [0.717, 1.165) is 12.8 Å². The van der Waals surface area contributed by atoms with Crippen LogP contribution in [0.15, 0.2) is 18.2 Å². The number of fused-ring (bicyclic) bond motifs is 1. The van der Waals surface area contributed by atoms with Gasteiger partial charge in [-0.15, -0.1) is 5.10 Å². The van der Waals surface area contributed by atoms with Gasteiger partial charge in [-0.3, -0.25) is 0 Å². The lowest BCUT2D eigenvalue weighted by Gasteiger charge is -2.13. The Morgan fingerprint density at radius 1 is 1.41 bits per heavy atom. The van der Waals surface area contributed by atoms with Crippen LogP contribution in [0.3, 0.4) is 0 Å². The highest BCUT2D eigenvalue weighted by atomic mass is 16.4. The number of carbonyl (C=O) groups is 1. The Balaban J connectivity index is 2.68. The van der Waals surface area contributed by atoms with E-state index in [1.165, 1.54) is 0 Å². The minimum atomic E-state index is -0.940. The summed E-state index contributed by atoms with van der Waals surface area (Å²) in [6.07, 6.45) is 1.81. The molecule has 0 radical (unpaired) electrons. The molecule has 1 aromatic carbocycles. The van der Waals surface area contributed by atoms with Crippen molar-refractivity contribution in [1.82, 2.24) is 15.0 Å². The molecule has 0 spiro atoms. The summed E-state index contributed by atoms with van der Waals surface area (Å²) in [5.41, 5.74) is 1.52. The number of para-hydroxylation sites is 1. The van der Waals surface area contributed by atoms with Crippen LogP contribution < -0.4 is 0 Å². The van der Waals surface area contributed by atoms with E-state index >= 15 is 0 Å². The van der Waals surface area contributed by atoms with E-state index < -0.39 is 5.97 Å². The molecule has 0 saturated heterocycles. The Bertz CT molecular complexity index is 544. The van der Waals surface area contributed by atoms with Crippen LogP contribution >= 0.6 is 0 Å². The molecule has 0 fully saturated rings. The van der Waals surface area contributed by atoms with Gasteiger partial charge in [0.1, 0.15) is 11.0 Å². The van der Waals surface area contributed by atoms with Crippen LogP contribution in [0.25, 0.3) is 11.0 Å². The quantitative estimate of drug-likeness (QED) is 0.880. The van der Waals surface area contributed by atoms with E-state index in [4.69, 9.17) is 0 Å². The lowest BCUT2D eigenvalue weighted by molar-refractivity contribution is 0.0698. The molecule has 0 aliphatic heterocycles. The Hall–Kier alpha value is -1.91. The molecule has 0 aliphatic rings. The smallest absolute Gasteiger partial charge is 0.337 e. The first-order valence-corrected chi connectivity index (χ1v) is 5.76. The largest absolute Gasteiger partial charge is 0.478 e. The fraction of sp³-hybridized carbons (Fsp3) is 0.417. The highest BCUT2D eigenvalue weighted by Gasteiger charge is 2.18. The summed E-state index contributed by atoms with van der Waals surface area (Å²) in [4.78, 5) is 11.2. The second kappa shape index (κ2) is 4.53. The molecular formula is C12H15N3O2. The molecule has 2 aromatic rings. The minimum Gasteiger partial charge on any atom is -0.478 e. The SMILES string of the molecule is CCC(CC)n1nnc2cccc(C(=O)O)c21. The normalized spacial score (nSPS) is 11.2. The Morgan fingerprint density at radius 2 is 2.12 bits per heavy atom. The zero-order valence-corrected chi connectivity index (χ0v) is 9.92. The fourth-order valence-corrected chi connectivity index (χ4v) is 2.06. The zero-order valence-electron chi connectivity index (χ0n) is 9.92. The maximum Gasteiger partial charge on any atom is 0.337 e. The molecule has 0 aliphatic carbocycles. The number of carboxylic acids is 1. The number of aromatic carboxylic acids is 1. The van der Waals surface area contributed by atoms with Crippen molar-refractivity contribution in [3.8, 4) is 0 Å². The molecule has 0 amide bonds.